The molecule has 0 unspecified atom stereocenters. The molecule has 0 radical (unpaired) electrons. The molecule has 0 bridgehead atoms. The SMILES string of the molecule is CCCOc1ccc(CN=C(NCC)NCCO)c(OC(F)F)c1. The van der Waals surface area contributed by atoms with Crippen LogP contribution >= 0.6 is 0 Å². The lowest BCUT2D eigenvalue weighted by atomic mass is 10.2. The highest BCUT2D eigenvalue weighted by Crippen LogP contribution is 2.27. The van der Waals surface area contributed by atoms with Gasteiger partial charge in [-0.3, -0.25) is 0 Å². The van der Waals surface area contributed by atoms with Crippen LogP contribution in [0.3, 0.4) is 0 Å². The molecule has 0 heterocycles. The summed E-state index contributed by atoms with van der Waals surface area (Å²) in [5.74, 6) is 1.01. The summed E-state index contributed by atoms with van der Waals surface area (Å²) in [5, 5.41) is 14.8. The van der Waals surface area contributed by atoms with E-state index in [0.29, 0.717) is 37.0 Å². The lowest BCUT2D eigenvalue weighted by Gasteiger charge is -2.13. The molecule has 1 rings (SSSR count). The number of nitrogens with one attached hydrogen (secondary N) is 2. The second-order valence-corrected chi connectivity index (χ2v) is 4.84. The van der Waals surface area contributed by atoms with Gasteiger partial charge in [0.2, 0.25) is 0 Å². The van der Waals surface area contributed by atoms with Crippen molar-refractivity contribution in [2.24, 2.45) is 4.99 Å². The number of hydrogen-bond donors (Lipinski definition) is 3. The number of benzene rings is 1. The minimum atomic E-state index is -2.92. The summed E-state index contributed by atoms with van der Waals surface area (Å²) in [6, 6.07) is 4.80. The summed E-state index contributed by atoms with van der Waals surface area (Å²) >= 11 is 0. The first-order valence-corrected chi connectivity index (χ1v) is 7.94. The molecule has 0 saturated heterocycles. The summed E-state index contributed by atoms with van der Waals surface area (Å²) in [7, 11) is 0. The van der Waals surface area contributed by atoms with E-state index in [0.717, 1.165) is 6.42 Å². The maximum atomic E-state index is 12.6. The molecular formula is C16H25F2N3O3. The van der Waals surface area contributed by atoms with Gasteiger partial charge in [-0.15, -0.1) is 0 Å². The Kier molecular flexibility index (Phi) is 9.52. The molecule has 0 atom stereocenters. The van der Waals surface area contributed by atoms with Gasteiger partial charge in [-0.05, 0) is 25.5 Å². The Morgan fingerprint density at radius 2 is 2.08 bits per heavy atom. The molecule has 6 nitrogen and oxygen atoms in total. The second kappa shape index (κ2) is 11.4. The molecule has 0 amide bonds. The Hall–Kier alpha value is -2.09. The van der Waals surface area contributed by atoms with Crippen molar-refractivity contribution < 1.29 is 23.4 Å². The zero-order valence-electron chi connectivity index (χ0n) is 14.0. The van der Waals surface area contributed by atoms with Crippen molar-refractivity contribution in [2.75, 3.05) is 26.3 Å². The number of aliphatic hydroxyl groups excluding tert-OH is 1. The van der Waals surface area contributed by atoms with Gasteiger partial charge in [0.1, 0.15) is 11.5 Å². The number of guanidine groups is 1. The molecular weight excluding hydrogens is 320 g/mol. The predicted molar refractivity (Wildman–Crippen MR) is 88.8 cm³/mol. The van der Waals surface area contributed by atoms with E-state index in [1.165, 1.54) is 6.07 Å². The van der Waals surface area contributed by atoms with Crippen LogP contribution < -0.4 is 20.1 Å². The van der Waals surface area contributed by atoms with Crippen LogP contribution in [-0.2, 0) is 6.54 Å². The van der Waals surface area contributed by atoms with Crippen molar-refractivity contribution in [3.8, 4) is 11.5 Å². The van der Waals surface area contributed by atoms with Crippen LogP contribution in [-0.4, -0.2) is 44.0 Å². The lowest BCUT2D eigenvalue weighted by Crippen LogP contribution is -2.38. The van der Waals surface area contributed by atoms with Crippen LogP contribution in [0.25, 0.3) is 0 Å². The van der Waals surface area contributed by atoms with Crippen molar-refractivity contribution in [3.63, 3.8) is 0 Å². The Morgan fingerprint density at radius 3 is 2.71 bits per heavy atom. The number of alkyl halides is 2. The molecule has 0 aliphatic carbocycles. The average molecular weight is 345 g/mol. The normalized spacial score (nSPS) is 11.5. The van der Waals surface area contributed by atoms with Crippen molar-refractivity contribution in [3.05, 3.63) is 23.8 Å². The van der Waals surface area contributed by atoms with Crippen molar-refractivity contribution in [2.45, 2.75) is 33.4 Å². The number of aliphatic hydroxyl groups is 1. The van der Waals surface area contributed by atoms with Crippen LogP contribution in [0, 0.1) is 0 Å². The van der Waals surface area contributed by atoms with Crippen LogP contribution in [0.5, 0.6) is 11.5 Å². The monoisotopic (exact) mass is 345 g/mol. The summed E-state index contributed by atoms with van der Waals surface area (Å²) in [6.45, 7) is 2.54. The van der Waals surface area contributed by atoms with Crippen molar-refractivity contribution in [1.29, 1.82) is 0 Å². The smallest absolute Gasteiger partial charge is 0.387 e. The Labute approximate surface area is 140 Å². The van der Waals surface area contributed by atoms with Gasteiger partial charge < -0.3 is 25.2 Å². The molecule has 136 valence electrons. The molecule has 8 heteroatoms. The lowest BCUT2D eigenvalue weighted by molar-refractivity contribution is -0.0505. The van der Waals surface area contributed by atoms with Crippen molar-refractivity contribution in [1.82, 2.24) is 10.6 Å². The largest absolute Gasteiger partial charge is 0.493 e. The van der Waals surface area contributed by atoms with Crippen molar-refractivity contribution >= 4 is 5.96 Å². The molecule has 0 saturated carbocycles. The van der Waals surface area contributed by atoms with E-state index in [1.807, 2.05) is 13.8 Å². The molecule has 0 aliphatic heterocycles. The Morgan fingerprint density at radius 1 is 1.29 bits per heavy atom. The Bertz CT molecular complexity index is 513. The molecule has 1 aromatic carbocycles. The molecule has 0 spiro atoms. The fourth-order valence-corrected chi connectivity index (χ4v) is 1.86. The van der Waals surface area contributed by atoms with E-state index >= 15 is 0 Å². The van der Waals surface area contributed by atoms with E-state index in [9.17, 15) is 8.78 Å². The average Bonchev–Trinajstić information content (AvgIpc) is 2.56. The van der Waals surface area contributed by atoms with E-state index in [4.69, 9.17) is 9.84 Å². The maximum Gasteiger partial charge on any atom is 0.387 e. The highest BCUT2D eigenvalue weighted by atomic mass is 19.3. The third-order valence-corrected chi connectivity index (χ3v) is 2.88. The number of halogens is 2. The topological polar surface area (TPSA) is 75.1 Å². The van der Waals surface area contributed by atoms with Gasteiger partial charge in [-0.2, -0.15) is 8.78 Å². The van der Waals surface area contributed by atoms with E-state index in [-0.39, 0.29) is 18.9 Å². The first-order chi connectivity index (χ1) is 11.6. The molecule has 0 aromatic heterocycles. The van der Waals surface area contributed by atoms with Crippen LogP contribution in [0.2, 0.25) is 0 Å². The Balaban J connectivity index is 2.90. The van der Waals surface area contributed by atoms with Crippen LogP contribution in [0.4, 0.5) is 8.78 Å². The molecule has 0 fully saturated rings. The zero-order chi connectivity index (χ0) is 17.8. The van der Waals surface area contributed by atoms with Crippen LogP contribution in [0.1, 0.15) is 25.8 Å². The zero-order valence-corrected chi connectivity index (χ0v) is 14.0. The van der Waals surface area contributed by atoms with Gasteiger partial charge in [-0.1, -0.05) is 6.92 Å². The highest BCUT2D eigenvalue weighted by Gasteiger charge is 2.11. The van der Waals surface area contributed by atoms with Crippen LogP contribution in [0.15, 0.2) is 23.2 Å². The quantitative estimate of drug-likeness (QED) is 0.447. The minimum absolute atomic E-state index is 0.0341. The molecule has 0 aliphatic rings. The van der Waals surface area contributed by atoms with E-state index in [2.05, 4.69) is 20.4 Å². The number of aliphatic imine (C=N–C) groups is 1. The number of rotatable bonds is 10. The fraction of sp³-hybridized carbons (Fsp3) is 0.562. The standard InChI is InChI=1S/C16H25F2N3O3/c1-3-9-23-13-6-5-12(14(10-13)24-15(17)18)11-21-16(19-4-2)20-7-8-22/h5-6,10,15,22H,3-4,7-9,11H2,1-2H3,(H2,19,20,21). The fourth-order valence-electron chi connectivity index (χ4n) is 1.86. The molecule has 3 N–H and O–H groups in total. The summed E-state index contributed by atoms with van der Waals surface area (Å²) in [6.07, 6.45) is 0.819. The maximum absolute atomic E-state index is 12.6. The van der Waals surface area contributed by atoms with Gasteiger partial charge >= 0.3 is 6.61 Å². The van der Waals surface area contributed by atoms with Gasteiger partial charge in [0.15, 0.2) is 5.96 Å². The summed E-state index contributed by atoms with van der Waals surface area (Å²) in [4.78, 5) is 4.30. The number of nitrogens with zero attached hydrogens (tertiary/aromatic N) is 1. The summed E-state index contributed by atoms with van der Waals surface area (Å²) in [5.41, 5.74) is 0.514. The summed E-state index contributed by atoms with van der Waals surface area (Å²) < 4.78 is 35.3. The second-order valence-electron chi connectivity index (χ2n) is 4.84. The third-order valence-electron chi connectivity index (χ3n) is 2.88. The minimum Gasteiger partial charge on any atom is -0.493 e. The van der Waals surface area contributed by atoms with E-state index in [1.54, 1.807) is 12.1 Å². The third kappa shape index (κ3) is 7.45. The van der Waals surface area contributed by atoms with Gasteiger partial charge in [0.25, 0.3) is 0 Å². The number of ether oxygens (including phenoxy) is 2. The first-order valence-electron chi connectivity index (χ1n) is 7.94. The highest BCUT2D eigenvalue weighted by molar-refractivity contribution is 5.79. The first kappa shape index (κ1) is 20.0. The molecule has 24 heavy (non-hydrogen) atoms. The number of hydrogen-bond acceptors (Lipinski definition) is 4. The van der Waals surface area contributed by atoms with Gasteiger partial charge in [0, 0.05) is 24.7 Å². The van der Waals surface area contributed by atoms with E-state index < -0.39 is 6.61 Å². The van der Waals surface area contributed by atoms with Gasteiger partial charge in [-0.25, -0.2) is 4.99 Å². The predicted octanol–water partition coefficient (Wildman–Crippen LogP) is 2.12. The molecule has 1 aromatic rings. The van der Waals surface area contributed by atoms with Gasteiger partial charge in [0.05, 0.1) is 19.8 Å².